The Morgan fingerprint density at radius 1 is 1.23 bits per heavy atom. The van der Waals surface area contributed by atoms with Crippen molar-refractivity contribution in [1.82, 2.24) is 0 Å². The predicted octanol–water partition coefficient (Wildman–Crippen LogP) is 0.984. The highest BCUT2D eigenvalue weighted by molar-refractivity contribution is 7.39. The van der Waals surface area contributed by atoms with Crippen molar-refractivity contribution in [3.8, 4) is 0 Å². The maximum atomic E-state index is 2.60. The molecule has 1 rings (SSSR count). The lowest BCUT2D eigenvalue weighted by Gasteiger charge is -2.14. The highest BCUT2D eigenvalue weighted by atomic mass is 29.6. The van der Waals surface area contributed by atoms with Gasteiger partial charge < -0.3 is 0 Å². The van der Waals surface area contributed by atoms with E-state index in [2.05, 4.69) is 50.3 Å². The lowest BCUT2D eigenvalue weighted by molar-refractivity contribution is 1.08. The summed E-state index contributed by atoms with van der Waals surface area (Å²) >= 11 is 0. The van der Waals surface area contributed by atoms with Gasteiger partial charge in [-0.3, -0.25) is 0 Å². The molecular formula is C10H20Si3. The average Bonchev–Trinajstić information content (AvgIpc) is 2.19. The second-order valence-corrected chi connectivity index (χ2v) is 24.5. The molecule has 13 heavy (non-hydrogen) atoms. The van der Waals surface area contributed by atoms with E-state index in [9.17, 15) is 0 Å². The van der Waals surface area contributed by atoms with Gasteiger partial charge in [-0.1, -0.05) is 50.3 Å². The van der Waals surface area contributed by atoms with Crippen LogP contribution in [-0.2, 0) is 0 Å². The summed E-state index contributed by atoms with van der Waals surface area (Å²) in [6.07, 6.45) is 0. The summed E-state index contributed by atoms with van der Waals surface area (Å²) in [5.74, 6) is 0. The molecule has 0 nitrogen and oxygen atoms in total. The van der Waals surface area contributed by atoms with E-state index in [0.29, 0.717) is 9.04 Å². The molecule has 0 saturated carbocycles. The molecule has 0 amide bonds. The third-order valence-electron chi connectivity index (χ3n) is 2.82. The van der Waals surface area contributed by atoms with Crippen LogP contribution in [-0.4, -0.2) is 25.9 Å². The Balaban J connectivity index is 2.53. The SMILES string of the molecule is C[SiH2][SiH](C)[SiH2]C(C)c1ccccc1. The van der Waals surface area contributed by atoms with Crippen molar-refractivity contribution in [1.29, 1.82) is 0 Å². The summed E-state index contributed by atoms with van der Waals surface area (Å²) in [4.78, 5) is 0. The van der Waals surface area contributed by atoms with Crippen LogP contribution in [0.25, 0.3) is 0 Å². The van der Waals surface area contributed by atoms with Crippen LogP contribution in [0.15, 0.2) is 30.3 Å². The molecule has 0 saturated heterocycles. The molecule has 0 bridgehead atoms. The Kier molecular flexibility index (Phi) is 4.69. The quantitative estimate of drug-likeness (QED) is 0.669. The van der Waals surface area contributed by atoms with Crippen LogP contribution in [0.4, 0.5) is 0 Å². The van der Waals surface area contributed by atoms with E-state index in [-0.39, 0.29) is 16.9 Å². The molecule has 3 heteroatoms. The highest BCUT2D eigenvalue weighted by Crippen LogP contribution is 2.13. The first-order chi connectivity index (χ1) is 6.24. The minimum atomic E-state index is -0.131. The number of rotatable bonds is 4. The number of hydrogen-bond donors (Lipinski definition) is 0. The Morgan fingerprint density at radius 3 is 2.38 bits per heavy atom. The molecule has 1 aromatic carbocycles. The topological polar surface area (TPSA) is 0 Å². The van der Waals surface area contributed by atoms with Gasteiger partial charge in [0.1, 0.15) is 0 Å². The number of benzene rings is 1. The smallest absolute Gasteiger partial charge is 0.0173 e. The molecule has 0 fully saturated rings. The van der Waals surface area contributed by atoms with Crippen LogP contribution >= 0.6 is 0 Å². The molecule has 0 heterocycles. The van der Waals surface area contributed by atoms with Crippen molar-refractivity contribution in [2.24, 2.45) is 0 Å². The van der Waals surface area contributed by atoms with Gasteiger partial charge in [0.15, 0.2) is 0 Å². The fraction of sp³-hybridized carbons (Fsp3) is 0.400. The van der Waals surface area contributed by atoms with Gasteiger partial charge in [-0.2, -0.15) is 0 Å². The van der Waals surface area contributed by atoms with Crippen LogP contribution < -0.4 is 0 Å². The minimum absolute atomic E-state index is 0.131. The van der Waals surface area contributed by atoms with Crippen LogP contribution in [0.5, 0.6) is 0 Å². The Labute approximate surface area is 87.6 Å². The van der Waals surface area contributed by atoms with Gasteiger partial charge in [-0.05, 0) is 11.1 Å². The molecule has 0 radical (unpaired) electrons. The summed E-state index contributed by atoms with van der Waals surface area (Å²) in [6.45, 7) is 7.54. The fourth-order valence-electron chi connectivity index (χ4n) is 1.69. The normalized spacial score (nSPS) is 17.2. The first kappa shape index (κ1) is 10.9. The van der Waals surface area contributed by atoms with Gasteiger partial charge in [-0.25, -0.2) is 0 Å². The zero-order valence-corrected chi connectivity index (χ0v) is 12.9. The monoisotopic (exact) mass is 224 g/mol. The van der Waals surface area contributed by atoms with Crippen LogP contribution in [0.2, 0.25) is 13.1 Å². The number of hydrogen-bond acceptors (Lipinski definition) is 0. The first-order valence-electron chi connectivity index (χ1n) is 5.29. The standard InChI is InChI=1S/C10H20Si3/c1-9(12-13(3)11-2)10-7-5-4-6-8-10/h4-9,13H,11-12H2,1-3H3. The van der Waals surface area contributed by atoms with Gasteiger partial charge in [0, 0.05) is 25.9 Å². The van der Waals surface area contributed by atoms with Crippen molar-refractivity contribution in [2.45, 2.75) is 25.6 Å². The van der Waals surface area contributed by atoms with Gasteiger partial charge in [0.25, 0.3) is 0 Å². The van der Waals surface area contributed by atoms with Gasteiger partial charge in [0.05, 0.1) is 0 Å². The molecule has 0 aliphatic carbocycles. The second-order valence-electron chi connectivity index (χ2n) is 4.06. The third kappa shape index (κ3) is 3.62. The summed E-state index contributed by atoms with van der Waals surface area (Å²) in [7, 11) is 0.522. The zero-order chi connectivity index (χ0) is 9.68. The van der Waals surface area contributed by atoms with E-state index in [4.69, 9.17) is 0 Å². The van der Waals surface area contributed by atoms with Crippen molar-refractivity contribution < 1.29 is 0 Å². The molecule has 0 N–H and O–H groups in total. The highest BCUT2D eigenvalue weighted by Gasteiger charge is 2.10. The molecule has 1 aromatic rings. The zero-order valence-electron chi connectivity index (χ0n) is 8.96. The van der Waals surface area contributed by atoms with Crippen molar-refractivity contribution >= 4 is 25.9 Å². The molecule has 0 aromatic heterocycles. The van der Waals surface area contributed by atoms with Crippen LogP contribution in [0.3, 0.4) is 0 Å². The third-order valence-corrected chi connectivity index (χ3v) is 23.1. The summed E-state index contributed by atoms with van der Waals surface area (Å²) in [6, 6.07) is 11.1. The van der Waals surface area contributed by atoms with E-state index < -0.39 is 0 Å². The van der Waals surface area contributed by atoms with Crippen molar-refractivity contribution in [3.05, 3.63) is 35.9 Å². The van der Waals surface area contributed by atoms with Crippen LogP contribution in [0.1, 0.15) is 18.0 Å². The summed E-state index contributed by atoms with van der Waals surface area (Å²) in [5, 5.41) is 0. The Bertz CT molecular complexity index is 235. The van der Waals surface area contributed by atoms with Crippen molar-refractivity contribution in [3.63, 3.8) is 0 Å². The average molecular weight is 225 g/mol. The van der Waals surface area contributed by atoms with Crippen molar-refractivity contribution in [2.75, 3.05) is 0 Å². The molecule has 2 unspecified atom stereocenters. The lowest BCUT2D eigenvalue weighted by Crippen LogP contribution is -2.28. The maximum absolute atomic E-state index is 2.60. The Hall–Kier alpha value is -0.129. The molecule has 0 aliphatic heterocycles. The molecule has 2 atom stereocenters. The maximum Gasteiger partial charge on any atom is 0.0173 e. The van der Waals surface area contributed by atoms with Gasteiger partial charge in [0.2, 0.25) is 0 Å². The molecule has 72 valence electrons. The molecular weight excluding hydrogens is 204 g/mol. The first-order valence-corrected chi connectivity index (χ1v) is 15.2. The van der Waals surface area contributed by atoms with E-state index in [1.165, 1.54) is 0 Å². The predicted molar refractivity (Wildman–Crippen MR) is 70.8 cm³/mol. The van der Waals surface area contributed by atoms with Gasteiger partial charge >= 0.3 is 0 Å². The Morgan fingerprint density at radius 2 is 1.85 bits per heavy atom. The summed E-state index contributed by atoms with van der Waals surface area (Å²) in [5.41, 5.74) is 2.53. The van der Waals surface area contributed by atoms with E-state index in [1.54, 1.807) is 5.56 Å². The van der Waals surface area contributed by atoms with E-state index in [0.717, 1.165) is 5.54 Å². The molecule has 0 spiro atoms. The fourth-order valence-corrected chi connectivity index (χ4v) is 16.7. The summed E-state index contributed by atoms with van der Waals surface area (Å²) < 4.78 is 0. The second kappa shape index (κ2) is 5.57. The molecule has 0 aliphatic rings. The lowest BCUT2D eigenvalue weighted by atomic mass is 10.2. The van der Waals surface area contributed by atoms with Crippen LogP contribution in [0, 0.1) is 0 Å². The van der Waals surface area contributed by atoms with E-state index in [1.807, 2.05) is 0 Å². The largest absolute Gasteiger partial charge is 0.0771 e. The van der Waals surface area contributed by atoms with Gasteiger partial charge in [-0.15, -0.1) is 0 Å². The minimum Gasteiger partial charge on any atom is -0.0771 e. The van der Waals surface area contributed by atoms with E-state index >= 15 is 0 Å².